The molecule has 1 aliphatic rings. The molecule has 1 aliphatic heterocycles. The predicted octanol–water partition coefficient (Wildman–Crippen LogP) is 3.00. The zero-order chi connectivity index (χ0) is 20.0. The average molecular weight is 444 g/mol. The van der Waals surface area contributed by atoms with Gasteiger partial charge in [-0.25, -0.2) is 4.98 Å². The van der Waals surface area contributed by atoms with Gasteiger partial charge in [0, 0.05) is 10.7 Å². The number of aromatic nitrogens is 2. The maximum absolute atomic E-state index is 12.9. The molecule has 1 aromatic heterocycles. The fraction of sp³-hybridized carbons (Fsp3) is 0.158. The number of ether oxygens (including phenoxy) is 1. The number of carbonyl (C=O) groups excluding carboxylic acids is 2. The number of halogens is 1. The molecule has 0 bridgehead atoms. The number of carbonyl (C=O) groups is 2. The number of hydrogen-bond acceptors (Lipinski definition) is 7. The highest BCUT2D eigenvalue weighted by atomic mass is 79.9. The van der Waals surface area contributed by atoms with E-state index >= 15 is 0 Å². The van der Waals surface area contributed by atoms with Gasteiger partial charge in [-0.2, -0.15) is 4.98 Å². The molecule has 3 aromatic rings. The second-order valence-electron chi connectivity index (χ2n) is 6.12. The van der Waals surface area contributed by atoms with Crippen molar-refractivity contribution in [3.05, 3.63) is 51.6 Å². The van der Waals surface area contributed by atoms with E-state index in [1.807, 2.05) is 6.07 Å². The van der Waals surface area contributed by atoms with Crippen molar-refractivity contribution in [1.82, 2.24) is 14.9 Å². The van der Waals surface area contributed by atoms with E-state index in [1.54, 1.807) is 25.1 Å². The van der Waals surface area contributed by atoms with Gasteiger partial charge >= 0.3 is 6.01 Å². The summed E-state index contributed by atoms with van der Waals surface area (Å²) in [5.41, 5.74) is 0.134. The first-order chi connectivity index (χ1) is 13.4. The molecule has 2 amide bonds. The van der Waals surface area contributed by atoms with Gasteiger partial charge in [0.1, 0.15) is 16.8 Å². The lowest BCUT2D eigenvalue weighted by atomic mass is 10.0. The second kappa shape index (κ2) is 6.75. The lowest BCUT2D eigenvalue weighted by Crippen LogP contribution is -2.29. The summed E-state index contributed by atoms with van der Waals surface area (Å²) in [6, 6.07) is 7.15. The Labute approximate surface area is 167 Å². The van der Waals surface area contributed by atoms with Gasteiger partial charge in [-0.3, -0.25) is 14.5 Å². The first-order valence-corrected chi connectivity index (χ1v) is 9.19. The highest BCUT2D eigenvalue weighted by Crippen LogP contribution is 2.43. The van der Waals surface area contributed by atoms with Gasteiger partial charge in [0.2, 0.25) is 0 Å². The Morgan fingerprint density at radius 1 is 1.14 bits per heavy atom. The standard InChI is InChI=1S/C19H14BrN3O5/c1-2-28-19-21-7-11-14(22-19)16(25)13-12(15(11)24)17(26)23(18(13)27)8-9-4-3-5-10(20)6-9/h3-7,24-25H,2,8H2,1H3. The molecule has 0 unspecified atom stereocenters. The SMILES string of the molecule is CCOc1ncc2c(O)c3c(c(O)c2n1)C(=O)N(Cc1cccc(Br)c1)C3=O. The Hall–Kier alpha value is -3.20. The van der Waals surface area contributed by atoms with E-state index in [4.69, 9.17) is 4.74 Å². The number of rotatable bonds is 4. The number of fused-ring (bicyclic) bond motifs is 2. The predicted molar refractivity (Wildman–Crippen MR) is 102 cm³/mol. The molecule has 142 valence electrons. The molecule has 0 fully saturated rings. The number of imide groups is 1. The summed E-state index contributed by atoms with van der Waals surface area (Å²) in [7, 11) is 0. The van der Waals surface area contributed by atoms with Crippen LogP contribution in [0.2, 0.25) is 0 Å². The zero-order valence-electron chi connectivity index (χ0n) is 14.6. The molecule has 0 atom stereocenters. The van der Waals surface area contributed by atoms with Crippen molar-refractivity contribution in [3.8, 4) is 17.5 Å². The minimum Gasteiger partial charge on any atom is -0.506 e. The Balaban J connectivity index is 1.84. The topological polar surface area (TPSA) is 113 Å². The lowest BCUT2D eigenvalue weighted by Gasteiger charge is -2.14. The molecule has 4 rings (SSSR count). The van der Waals surface area contributed by atoms with E-state index in [-0.39, 0.29) is 34.6 Å². The Morgan fingerprint density at radius 2 is 1.86 bits per heavy atom. The van der Waals surface area contributed by atoms with E-state index < -0.39 is 23.3 Å². The number of nitrogens with zero attached hydrogens (tertiary/aromatic N) is 3. The van der Waals surface area contributed by atoms with E-state index in [2.05, 4.69) is 25.9 Å². The monoisotopic (exact) mass is 443 g/mol. The van der Waals surface area contributed by atoms with Crippen LogP contribution in [0.5, 0.6) is 17.5 Å². The summed E-state index contributed by atoms with van der Waals surface area (Å²) in [5, 5.41) is 21.3. The number of amides is 2. The number of benzene rings is 2. The van der Waals surface area contributed by atoms with Crippen LogP contribution in [-0.4, -0.2) is 43.5 Å². The van der Waals surface area contributed by atoms with Crippen molar-refractivity contribution in [3.63, 3.8) is 0 Å². The highest BCUT2D eigenvalue weighted by molar-refractivity contribution is 9.10. The molecule has 2 aromatic carbocycles. The van der Waals surface area contributed by atoms with Gasteiger partial charge in [0.15, 0.2) is 5.75 Å². The van der Waals surface area contributed by atoms with Crippen LogP contribution in [0.1, 0.15) is 33.2 Å². The van der Waals surface area contributed by atoms with Crippen molar-refractivity contribution in [2.75, 3.05) is 6.61 Å². The molecular weight excluding hydrogens is 430 g/mol. The van der Waals surface area contributed by atoms with Gasteiger partial charge in [0.25, 0.3) is 11.8 Å². The Kier molecular flexibility index (Phi) is 4.38. The molecule has 28 heavy (non-hydrogen) atoms. The van der Waals surface area contributed by atoms with Gasteiger partial charge in [0.05, 0.1) is 24.1 Å². The number of aromatic hydroxyl groups is 2. The first kappa shape index (κ1) is 18.2. The summed E-state index contributed by atoms with van der Waals surface area (Å²) >= 11 is 3.35. The van der Waals surface area contributed by atoms with Crippen molar-refractivity contribution in [2.45, 2.75) is 13.5 Å². The molecular formula is C19H14BrN3O5. The molecule has 0 saturated carbocycles. The minimum atomic E-state index is -0.703. The Morgan fingerprint density at radius 3 is 2.54 bits per heavy atom. The fourth-order valence-electron chi connectivity index (χ4n) is 3.15. The molecule has 2 heterocycles. The molecule has 2 N–H and O–H groups in total. The quantitative estimate of drug-likeness (QED) is 0.470. The second-order valence-corrected chi connectivity index (χ2v) is 7.04. The van der Waals surface area contributed by atoms with E-state index in [0.29, 0.717) is 12.2 Å². The number of phenolic OH excluding ortho intramolecular Hbond substituents is 2. The molecule has 0 spiro atoms. The van der Waals surface area contributed by atoms with Crippen molar-refractivity contribution in [2.24, 2.45) is 0 Å². The van der Waals surface area contributed by atoms with Crippen LogP contribution in [-0.2, 0) is 6.54 Å². The molecule has 0 aliphatic carbocycles. The highest BCUT2D eigenvalue weighted by Gasteiger charge is 2.42. The molecule has 8 nitrogen and oxygen atoms in total. The Bertz CT molecular complexity index is 1150. The van der Waals surface area contributed by atoms with Gasteiger partial charge in [-0.05, 0) is 24.6 Å². The van der Waals surface area contributed by atoms with E-state index in [1.165, 1.54) is 6.20 Å². The molecule has 9 heteroatoms. The van der Waals surface area contributed by atoms with Crippen LogP contribution in [0.4, 0.5) is 0 Å². The van der Waals surface area contributed by atoms with Crippen LogP contribution in [0.15, 0.2) is 34.9 Å². The number of hydrogen-bond donors (Lipinski definition) is 2. The van der Waals surface area contributed by atoms with Crippen LogP contribution in [0, 0.1) is 0 Å². The van der Waals surface area contributed by atoms with Crippen LogP contribution in [0.25, 0.3) is 10.9 Å². The summed E-state index contributed by atoms with van der Waals surface area (Å²) < 4.78 is 6.01. The normalized spacial score (nSPS) is 13.3. The molecule has 0 saturated heterocycles. The third-order valence-corrected chi connectivity index (χ3v) is 4.88. The fourth-order valence-corrected chi connectivity index (χ4v) is 3.59. The number of phenols is 2. The van der Waals surface area contributed by atoms with E-state index in [0.717, 1.165) is 9.37 Å². The largest absolute Gasteiger partial charge is 0.506 e. The average Bonchev–Trinajstić information content (AvgIpc) is 2.91. The minimum absolute atomic E-state index is 0.00309. The summed E-state index contributed by atoms with van der Waals surface area (Å²) in [6.45, 7) is 2.05. The maximum atomic E-state index is 12.9. The molecule has 0 radical (unpaired) electrons. The smallest absolute Gasteiger partial charge is 0.317 e. The van der Waals surface area contributed by atoms with Crippen molar-refractivity contribution >= 4 is 38.6 Å². The third kappa shape index (κ3) is 2.75. The summed E-state index contributed by atoms with van der Waals surface area (Å²) in [4.78, 5) is 34.7. The summed E-state index contributed by atoms with van der Waals surface area (Å²) in [5.74, 6) is -2.32. The van der Waals surface area contributed by atoms with Crippen LogP contribution >= 0.6 is 15.9 Å². The maximum Gasteiger partial charge on any atom is 0.317 e. The van der Waals surface area contributed by atoms with Gasteiger partial charge in [-0.1, -0.05) is 28.1 Å². The summed E-state index contributed by atoms with van der Waals surface area (Å²) in [6.07, 6.45) is 1.25. The lowest BCUT2D eigenvalue weighted by molar-refractivity contribution is 0.0641. The zero-order valence-corrected chi connectivity index (χ0v) is 16.2. The van der Waals surface area contributed by atoms with Gasteiger partial charge < -0.3 is 14.9 Å². The van der Waals surface area contributed by atoms with Crippen LogP contribution < -0.4 is 4.74 Å². The third-order valence-electron chi connectivity index (χ3n) is 4.39. The van der Waals surface area contributed by atoms with Crippen molar-refractivity contribution < 1.29 is 24.5 Å². The van der Waals surface area contributed by atoms with Crippen molar-refractivity contribution in [1.29, 1.82) is 0 Å². The van der Waals surface area contributed by atoms with Crippen LogP contribution in [0.3, 0.4) is 0 Å². The van der Waals surface area contributed by atoms with E-state index in [9.17, 15) is 19.8 Å². The first-order valence-electron chi connectivity index (χ1n) is 8.40. The van der Waals surface area contributed by atoms with Gasteiger partial charge in [-0.15, -0.1) is 0 Å².